The zero-order chi connectivity index (χ0) is 14.0. The Kier molecular flexibility index (Phi) is 3.57. The first kappa shape index (κ1) is 13.5. The highest BCUT2D eigenvalue weighted by Crippen LogP contribution is 2.22. The lowest BCUT2D eigenvalue weighted by Crippen LogP contribution is -2.12. The fourth-order valence-corrected chi connectivity index (χ4v) is 2.94. The van der Waals surface area contributed by atoms with Gasteiger partial charge < -0.3 is 4.18 Å². The Morgan fingerprint density at radius 3 is 2.32 bits per heavy atom. The predicted octanol–water partition coefficient (Wildman–Crippen LogP) is 2.77. The largest absolute Gasteiger partial charge is 0.358 e. The number of rotatable bonds is 3. The molecule has 0 saturated carbocycles. The van der Waals surface area contributed by atoms with Gasteiger partial charge in [-0.25, -0.2) is 4.98 Å². The van der Waals surface area contributed by atoms with Gasteiger partial charge in [0.2, 0.25) is 5.88 Å². The second kappa shape index (κ2) is 5.01. The molecule has 0 bridgehead atoms. The van der Waals surface area contributed by atoms with E-state index in [1.807, 2.05) is 19.9 Å². The summed E-state index contributed by atoms with van der Waals surface area (Å²) in [5, 5.41) is 0. The van der Waals surface area contributed by atoms with Crippen LogP contribution in [-0.2, 0) is 10.1 Å². The SMILES string of the molecule is Cc1cc(C)c(S(=O)(=O)Oc2ccccn2)cc1C. The second-order valence-corrected chi connectivity index (χ2v) is 5.92. The molecule has 0 saturated heterocycles. The lowest BCUT2D eigenvalue weighted by Gasteiger charge is -2.11. The number of aromatic nitrogens is 1. The lowest BCUT2D eigenvalue weighted by atomic mass is 10.1. The second-order valence-electron chi connectivity index (χ2n) is 4.41. The molecule has 0 spiro atoms. The third-order valence-corrected chi connectivity index (χ3v) is 4.26. The molecule has 5 heteroatoms. The number of nitrogens with zero attached hydrogens (tertiary/aromatic N) is 1. The number of benzene rings is 1. The van der Waals surface area contributed by atoms with Crippen LogP contribution in [0.4, 0.5) is 0 Å². The Bertz CT molecular complexity index is 694. The van der Waals surface area contributed by atoms with Gasteiger partial charge >= 0.3 is 10.1 Å². The third kappa shape index (κ3) is 2.93. The van der Waals surface area contributed by atoms with Crippen LogP contribution in [0.2, 0.25) is 0 Å². The molecule has 0 aliphatic carbocycles. The van der Waals surface area contributed by atoms with Gasteiger partial charge in [0.1, 0.15) is 4.90 Å². The Hall–Kier alpha value is -1.88. The summed E-state index contributed by atoms with van der Waals surface area (Å²) >= 11 is 0. The molecule has 1 aromatic heterocycles. The number of aryl methyl sites for hydroxylation is 3. The van der Waals surface area contributed by atoms with E-state index in [1.165, 1.54) is 12.3 Å². The van der Waals surface area contributed by atoms with Gasteiger partial charge in [0.15, 0.2) is 0 Å². The van der Waals surface area contributed by atoms with E-state index in [1.54, 1.807) is 25.1 Å². The molecular formula is C14H15NO3S. The zero-order valence-electron chi connectivity index (χ0n) is 11.0. The minimum Gasteiger partial charge on any atom is -0.358 e. The van der Waals surface area contributed by atoms with E-state index < -0.39 is 10.1 Å². The number of hydrogen-bond donors (Lipinski definition) is 0. The van der Waals surface area contributed by atoms with Crippen molar-refractivity contribution in [3.63, 3.8) is 0 Å². The van der Waals surface area contributed by atoms with Crippen molar-refractivity contribution < 1.29 is 12.6 Å². The van der Waals surface area contributed by atoms with Crippen LogP contribution >= 0.6 is 0 Å². The maximum Gasteiger partial charge on any atom is 0.340 e. The Balaban J connectivity index is 2.43. The molecule has 0 amide bonds. The van der Waals surface area contributed by atoms with Crippen molar-refractivity contribution in [2.24, 2.45) is 0 Å². The molecule has 2 aromatic rings. The van der Waals surface area contributed by atoms with Gasteiger partial charge in [-0.1, -0.05) is 12.1 Å². The molecule has 0 radical (unpaired) electrons. The van der Waals surface area contributed by atoms with Gasteiger partial charge in [0.25, 0.3) is 0 Å². The van der Waals surface area contributed by atoms with Crippen LogP contribution in [0.5, 0.6) is 5.88 Å². The van der Waals surface area contributed by atoms with Gasteiger partial charge in [-0.2, -0.15) is 8.42 Å². The topological polar surface area (TPSA) is 56.3 Å². The van der Waals surface area contributed by atoms with E-state index in [0.717, 1.165) is 11.1 Å². The van der Waals surface area contributed by atoms with Crippen LogP contribution < -0.4 is 4.18 Å². The maximum absolute atomic E-state index is 12.2. The summed E-state index contributed by atoms with van der Waals surface area (Å²) in [5.74, 6) is 0.0696. The van der Waals surface area contributed by atoms with Crippen molar-refractivity contribution in [3.05, 3.63) is 53.2 Å². The minimum atomic E-state index is -3.85. The summed E-state index contributed by atoms with van der Waals surface area (Å²) in [6.45, 7) is 5.56. The predicted molar refractivity (Wildman–Crippen MR) is 72.7 cm³/mol. The quantitative estimate of drug-likeness (QED) is 0.809. The van der Waals surface area contributed by atoms with E-state index in [4.69, 9.17) is 4.18 Å². The minimum absolute atomic E-state index is 0.0696. The average molecular weight is 277 g/mol. The summed E-state index contributed by atoms with van der Waals surface area (Å²) < 4.78 is 29.5. The number of hydrogen-bond acceptors (Lipinski definition) is 4. The van der Waals surface area contributed by atoms with Crippen molar-refractivity contribution in [3.8, 4) is 5.88 Å². The average Bonchev–Trinajstić information content (AvgIpc) is 2.34. The smallest absolute Gasteiger partial charge is 0.340 e. The summed E-state index contributed by atoms with van der Waals surface area (Å²) in [4.78, 5) is 4.04. The lowest BCUT2D eigenvalue weighted by molar-refractivity contribution is 0.475. The molecule has 0 unspecified atom stereocenters. The Morgan fingerprint density at radius 1 is 1.00 bits per heavy atom. The third-order valence-electron chi connectivity index (χ3n) is 2.89. The maximum atomic E-state index is 12.2. The molecule has 0 aliphatic rings. The monoisotopic (exact) mass is 277 g/mol. The highest BCUT2D eigenvalue weighted by Gasteiger charge is 2.20. The summed E-state index contributed by atoms with van der Waals surface area (Å²) in [5.41, 5.74) is 2.63. The molecule has 4 nitrogen and oxygen atoms in total. The molecule has 0 fully saturated rings. The van der Waals surface area contributed by atoms with E-state index in [2.05, 4.69) is 4.98 Å². The fourth-order valence-electron chi connectivity index (χ4n) is 1.76. The van der Waals surface area contributed by atoms with Gasteiger partial charge in [0, 0.05) is 12.3 Å². The van der Waals surface area contributed by atoms with Gasteiger partial charge in [0.05, 0.1) is 0 Å². The standard InChI is InChI=1S/C14H15NO3S/c1-10-8-12(3)13(9-11(10)2)19(16,17)18-14-6-4-5-7-15-14/h4-9H,1-3H3. The van der Waals surface area contributed by atoms with Gasteiger partial charge in [-0.05, 0) is 49.6 Å². The molecular weight excluding hydrogens is 262 g/mol. The molecule has 1 heterocycles. The normalized spacial score (nSPS) is 11.3. The highest BCUT2D eigenvalue weighted by atomic mass is 32.2. The number of pyridine rings is 1. The van der Waals surface area contributed by atoms with Crippen LogP contribution in [0, 0.1) is 20.8 Å². The molecule has 0 atom stereocenters. The van der Waals surface area contributed by atoms with Crippen LogP contribution in [0.25, 0.3) is 0 Å². The molecule has 2 rings (SSSR count). The van der Waals surface area contributed by atoms with E-state index in [9.17, 15) is 8.42 Å². The van der Waals surface area contributed by atoms with Crippen molar-refractivity contribution in [2.45, 2.75) is 25.7 Å². The summed E-state index contributed by atoms with van der Waals surface area (Å²) in [7, 11) is -3.85. The summed E-state index contributed by atoms with van der Waals surface area (Å²) in [6.07, 6.45) is 1.48. The molecule has 0 aliphatic heterocycles. The van der Waals surface area contributed by atoms with Crippen molar-refractivity contribution in [1.82, 2.24) is 4.98 Å². The van der Waals surface area contributed by atoms with Crippen molar-refractivity contribution >= 4 is 10.1 Å². The fraction of sp³-hybridized carbons (Fsp3) is 0.214. The highest BCUT2D eigenvalue weighted by molar-refractivity contribution is 7.87. The molecule has 19 heavy (non-hydrogen) atoms. The van der Waals surface area contributed by atoms with Crippen LogP contribution in [0.3, 0.4) is 0 Å². The first-order chi connectivity index (χ1) is 8.90. The van der Waals surface area contributed by atoms with Crippen LogP contribution in [-0.4, -0.2) is 13.4 Å². The van der Waals surface area contributed by atoms with E-state index in [-0.39, 0.29) is 10.8 Å². The molecule has 0 N–H and O–H groups in total. The Labute approximate surface area is 113 Å². The van der Waals surface area contributed by atoms with Gasteiger partial charge in [-0.3, -0.25) is 0 Å². The molecule has 1 aromatic carbocycles. The van der Waals surface area contributed by atoms with Crippen molar-refractivity contribution in [1.29, 1.82) is 0 Å². The van der Waals surface area contributed by atoms with Crippen LogP contribution in [0.15, 0.2) is 41.4 Å². The van der Waals surface area contributed by atoms with Crippen LogP contribution in [0.1, 0.15) is 16.7 Å². The first-order valence-electron chi connectivity index (χ1n) is 5.83. The van der Waals surface area contributed by atoms with Gasteiger partial charge in [-0.15, -0.1) is 0 Å². The van der Waals surface area contributed by atoms with E-state index >= 15 is 0 Å². The molecule has 100 valence electrons. The van der Waals surface area contributed by atoms with Crippen molar-refractivity contribution in [2.75, 3.05) is 0 Å². The van der Waals surface area contributed by atoms with E-state index in [0.29, 0.717) is 5.56 Å². The summed E-state index contributed by atoms with van der Waals surface area (Å²) in [6, 6.07) is 8.34. The Morgan fingerprint density at radius 2 is 1.68 bits per heavy atom. The zero-order valence-corrected chi connectivity index (χ0v) is 11.9. The first-order valence-corrected chi connectivity index (χ1v) is 7.24.